The van der Waals surface area contributed by atoms with Gasteiger partial charge in [-0.3, -0.25) is 4.79 Å². The summed E-state index contributed by atoms with van der Waals surface area (Å²) >= 11 is 0. The predicted octanol–water partition coefficient (Wildman–Crippen LogP) is 3.71. The Morgan fingerprint density at radius 2 is 1.86 bits per heavy atom. The fourth-order valence-corrected chi connectivity index (χ4v) is 2.85. The number of carbonyl (C=O) groups excluding carboxylic acids is 1. The molecule has 0 aliphatic carbocycles. The molecule has 28 heavy (non-hydrogen) atoms. The Labute approximate surface area is 160 Å². The van der Waals surface area contributed by atoms with E-state index in [9.17, 15) is 9.18 Å². The molecule has 2 aromatic heterocycles. The van der Waals surface area contributed by atoms with Crippen molar-refractivity contribution in [3.8, 4) is 22.6 Å². The predicted molar refractivity (Wildman–Crippen MR) is 101 cm³/mol. The minimum absolute atomic E-state index is 0.0889. The van der Waals surface area contributed by atoms with Crippen LogP contribution >= 0.6 is 0 Å². The van der Waals surface area contributed by atoms with E-state index in [1.165, 1.54) is 30.9 Å². The van der Waals surface area contributed by atoms with Crippen LogP contribution in [0, 0.1) is 5.82 Å². The van der Waals surface area contributed by atoms with Gasteiger partial charge in [-0.2, -0.15) is 0 Å². The monoisotopic (exact) mass is 374 g/mol. The Morgan fingerprint density at radius 1 is 1.04 bits per heavy atom. The standard InChI is InChI=1S/C21H15FN4O2/c1-28-19-7-6-15(22)11-17(19)14-4-2-5-16(10-14)26-12-18(25-13-26)20(27)21-23-8-3-9-24-21/h2-13H,1H3. The molecule has 0 amide bonds. The first-order chi connectivity index (χ1) is 13.7. The van der Waals surface area contributed by atoms with Crippen molar-refractivity contribution in [3.63, 3.8) is 0 Å². The average molecular weight is 374 g/mol. The van der Waals surface area contributed by atoms with Gasteiger partial charge in [0.2, 0.25) is 11.6 Å². The second-order valence-corrected chi connectivity index (χ2v) is 5.96. The molecule has 0 bridgehead atoms. The molecule has 0 aliphatic rings. The molecule has 0 aliphatic heterocycles. The lowest BCUT2D eigenvalue weighted by atomic mass is 10.0. The number of ketones is 1. The Hall–Kier alpha value is -3.87. The first-order valence-corrected chi connectivity index (χ1v) is 8.46. The van der Waals surface area contributed by atoms with Crippen LogP contribution in [0.25, 0.3) is 16.8 Å². The fourth-order valence-electron chi connectivity index (χ4n) is 2.85. The number of nitrogens with zero attached hydrogens (tertiary/aromatic N) is 4. The van der Waals surface area contributed by atoms with E-state index in [0.29, 0.717) is 11.3 Å². The van der Waals surface area contributed by atoms with Gasteiger partial charge < -0.3 is 9.30 Å². The van der Waals surface area contributed by atoms with Crippen molar-refractivity contribution in [2.45, 2.75) is 0 Å². The number of carbonyl (C=O) groups is 1. The first kappa shape index (κ1) is 17.5. The van der Waals surface area contributed by atoms with Crippen molar-refractivity contribution in [2.24, 2.45) is 0 Å². The molecule has 4 rings (SSSR count). The van der Waals surface area contributed by atoms with E-state index in [2.05, 4.69) is 15.0 Å². The number of halogens is 1. The van der Waals surface area contributed by atoms with Crippen LogP contribution in [0.1, 0.15) is 16.3 Å². The van der Waals surface area contributed by atoms with E-state index < -0.39 is 0 Å². The molecule has 6 nitrogen and oxygen atoms in total. The largest absolute Gasteiger partial charge is 0.496 e. The maximum absolute atomic E-state index is 13.7. The molecule has 2 aromatic carbocycles. The van der Waals surface area contributed by atoms with Crippen LogP contribution in [0.5, 0.6) is 5.75 Å². The van der Waals surface area contributed by atoms with E-state index >= 15 is 0 Å². The molecule has 138 valence electrons. The minimum atomic E-state index is -0.359. The summed E-state index contributed by atoms with van der Waals surface area (Å²) in [4.78, 5) is 24.5. The van der Waals surface area contributed by atoms with E-state index in [4.69, 9.17) is 4.74 Å². The van der Waals surface area contributed by atoms with Crippen molar-refractivity contribution in [1.82, 2.24) is 19.5 Å². The molecule has 0 unspecified atom stereocenters. The Balaban J connectivity index is 1.69. The van der Waals surface area contributed by atoms with Gasteiger partial charge >= 0.3 is 0 Å². The lowest BCUT2D eigenvalue weighted by Gasteiger charge is -2.10. The number of imidazole rings is 1. The van der Waals surface area contributed by atoms with Crippen LogP contribution in [0.15, 0.2) is 73.4 Å². The van der Waals surface area contributed by atoms with Crippen LogP contribution in [0.3, 0.4) is 0 Å². The number of rotatable bonds is 5. The van der Waals surface area contributed by atoms with Crippen molar-refractivity contribution in [2.75, 3.05) is 7.11 Å². The summed E-state index contributed by atoms with van der Waals surface area (Å²) in [6.07, 6.45) is 6.17. The third-order valence-corrected chi connectivity index (χ3v) is 4.20. The Bertz CT molecular complexity index is 1140. The molecule has 4 aromatic rings. The Morgan fingerprint density at radius 3 is 2.64 bits per heavy atom. The van der Waals surface area contributed by atoms with Gasteiger partial charge in [0.15, 0.2) is 0 Å². The van der Waals surface area contributed by atoms with Gasteiger partial charge in [0.05, 0.1) is 7.11 Å². The summed E-state index contributed by atoms with van der Waals surface area (Å²) in [6, 6.07) is 13.4. The van der Waals surface area contributed by atoms with Gasteiger partial charge in [-0.25, -0.2) is 19.3 Å². The highest BCUT2D eigenvalue weighted by Crippen LogP contribution is 2.31. The van der Waals surface area contributed by atoms with Crippen LogP contribution in [-0.2, 0) is 0 Å². The molecule has 7 heteroatoms. The Kier molecular flexibility index (Phi) is 4.63. The highest BCUT2D eigenvalue weighted by atomic mass is 19.1. The van der Waals surface area contributed by atoms with Crippen LogP contribution in [0.4, 0.5) is 4.39 Å². The molecule has 0 saturated carbocycles. The number of ether oxygens (including phenoxy) is 1. The van der Waals surface area contributed by atoms with Crippen molar-refractivity contribution < 1.29 is 13.9 Å². The third kappa shape index (κ3) is 3.37. The number of hydrogen-bond acceptors (Lipinski definition) is 5. The molecule has 0 atom stereocenters. The van der Waals surface area contributed by atoms with Gasteiger partial charge in [-0.15, -0.1) is 0 Å². The molecule has 0 fully saturated rings. The average Bonchev–Trinajstić information content (AvgIpc) is 3.24. The summed E-state index contributed by atoms with van der Waals surface area (Å²) in [6.45, 7) is 0. The van der Waals surface area contributed by atoms with Gasteiger partial charge in [0.1, 0.15) is 23.6 Å². The van der Waals surface area contributed by atoms with Gasteiger partial charge in [0.25, 0.3) is 0 Å². The summed E-state index contributed by atoms with van der Waals surface area (Å²) < 4.78 is 20.8. The third-order valence-electron chi connectivity index (χ3n) is 4.20. The number of methoxy groups -OCH3 is 1. The highest BCUT2D eigenvalue weighted by Gasteiger charge is 2.15. The topological polar surface area (TPSA) is 69.9 Å². The zero-order valence-electron chi connectivity index (χ0n) is 14.9. The lowest BCUT2D eigenvalue weighted by molar-refractivity contribution is 0.102. The second-order valence-electron chi connectivity index (χ2n) is 5.96. The normalized spacial score (nSPS) is 10.6. The van der Waals surface area contributed by atoms with Gasteiger partial charge in [0, 0.05) is 29.8 Å². The smallest absolute Gasteiger partial charge is 0.250 e. The van der Waals surface area contributed by atoms with Crippen LogP contribution < -0.4 is 4.74 Å². The molecule has 0 spiro atoms. The number of benzene rings is 2. The van der Waals surface area contributed by atoms with E-state index in [0.717, 1.165) is 11.3 Å². The van der Waals surface area contributed by atoms with Gasteiger partial charge in [-0.1, -0.05) is 12.1 Å². The first-order valence-electron chi connectivity index (χ1n) is 8.46. The summed E-state index contributed by atoms with van der Waals surface area (Å²) in [5, 5.41) is 0. The molecule has 0 N–H and O–H groups in total. The second kappa shape index (κ2) is 7.40. The lowest BCUT2D eigenvalue weighted by Crippen LogP contribution is -2.06. The summed E-state index contributed by atoms with van der Waals surface area (Å²) in [7, 11) is 1.54. The quantitative estimate of drug-likeness (QED) is 0.498. The maximum atomic E-state index is 13.7. The summed E-state index contributed by atoms with van der Waals surface area (Å²) in [5.74, 6) is -0.0471. The number of aromatic nitrogens is 4. The molecular weight excluding hydrogens is 359 g/mol. The molecule has 0 radical (unpaired) electrons. The molecule has 2 heterocycles. The van der Waals surface area contributed by atoms with E-state index in [1.54, 1.807) is 30.0 Å². The van der Waals surface area contributed by atoms with E-state index in [-0.39, 0.29) is 23.1 Å². The van der Waals surface area contributed by atoms with Crippen molar-refractivity contribution in [3.05, 3.63) is 90.8 Å². The summed E-state index contributed by atoms with van der Waals surface area (Å²) in [5.41, 5.74) is 2.42. The van der Waals surface area contributed by atoms with Crippen molar-refractivity contribution >= 4 is 5.78 Å². The highest BCUT2D eigenvalue weighted by molar-refractivity contribution is 6.04. The SMILES string of the molecule is COc1ccc(F)cc1-c1cccc(-n2cnc(C(=O)c3ncccn3)c2)c1. The van der Waals surface area contributed by atoms with Crippen LogP contribution in [-0.4, -0.2) is 32.4 Å². The van der Waals surface area contributed by atoms with E-state index in [1.807, 2.05) is 24.3 Å². The van der Waals surface area contributed by atoms with Crippen LogP contribution in [0.2, 0.25) is 0 Å². The van der Waals surface area contributed by atoms with Crippen molar-refractivity contribution in [1.29, 1.82) is 0 Å². The minimum Gasteiger partial charge on any atom is -0.496 e. The maximum Gasteiger partial charge on any atom is 0.250 e. The number of hydrogen-bond donors (Lipinski definition) is 0. The fraction of sp³-hybridized carbons (Fsp3) is 0.0476. The zero-order chi connectivity index (χ0) is 19.5. The molecular formula is C21H15FN4O2. The molecule has 0 saturated heterocycles. The zero-order valence-corrected chi connectivity index (χ0v) is 14.9. The van der Waals surface area contributed by atoms with Gasteiger partial charge in [-0.05, 0) is 42.0 Å².